The van der Waals surface area contributed by atoms with Crippen LogP contribution in [0.25, 0.3) is 0 Å². The lowest BCUT2D eigenvalue weighted by Crippen LogP contribution is -2.61. The number of carbonyl (C=O) groups excluding carboxylic acids is 2. The summed E-state index contributed by atoms with van der Waals surface area (Å²) in [5.41, 5.74) is 2.60. The third-order valence-corrected chi connectivity index (χ3v) is 3.17. The summed E-state index contributed by atoms with van der Waals surface area (Å²) in [4.78, 5) is 25.4. The molecule has 1 aromatic rings. The van der Waals surface area contributed by atoms with E-state index in [1.807, 2.05) is 25.1 Å². The van der Waals surface area contributed by atoms with Crippen LogP contribution in [0.3, 0.4) is 0 Å². The first-order chi connectivity index (χ1) is 8.16. The molecule has 1 aromatic carbocycles. The fourth-order valence-corrected chi connectivity index (χ4v) is 2.34. The van der Waals surface area contributed by atoms with Crippen molar-refractivity contribution in [2.24, 2.45) is 0 Å². The third-order valence-electron chi connectivity index (χ3n) is 3.17. The van der Waals surface area contributed by atoms with Gasteiger partial charge in [-0.15, -0.1) is 0 Å². The molecule has 0 aliphatic carbocycles. The molecule has 0 spiro atoms. The van der Waals surface area contributed by atoms with E-state index < -0.39 is 6.04 Å². The van der Waals surface area contributed by atoms with E-state index in [1.165, 1.54) is 0 Å². The van der Waals surface area contributed by atoms with E-state index in [1.54, 1.807) is 4.90 Å². The zero-order chi connectivity index (χ0) is 12.0. The average Bonchev–Trinajstić information content (AvgIpc) is 2.30. The van der Waals surface area contributed by atoms with Gasteiger partial charge >= 0.3 is 0 Å². The molecular formula is C12H13N3O2. The van der Waals surface area contributed by atoms with E-state index >= 15 is 0 Å². The molecule has 88 valence electrons. The zero-order valence-electron chi connectivity index (χ0n) is 9.49. The number of nitrogens with zero attached hydrogens (tertiary/aromatic N) is 1. The van der Waals surface area contributed by atoms with Crippen LogP contribution in [0.5, 0.6) is 0 Å². The zero-order valence-corrected chi connectivity index (χ0v) is 9.49. The summed E-state index contributed by atoms with van der Waals surface area (Å²) < 4.78 is 0. The molecule has 0 bridgehead atoms. The molecule has 1 saturated heterocycles. The average molecular weight is 231 g/mol. The Kier molecular flexibility index (Phi) is 2.16. The Hall–Kier alpha value is -1.88. The summed E-state index contributed by atoms with van der Waals surface area (Å²) in [6.45, 7) is 2.76. The minimum absolute atomic E-state index is 0.0528. The Morgan fingerprint density at radius 1 is 1.35 bits per heavy atom. The summed E-state index contributed by atoms with van der Waals surface area (Å²) >= 11 is 0. The van der Waals surface area contributed by atoms with Gasteiger partial charge in [0.1, 0.15) is 6.04 Å². The van der Waals surface area contributed by atoms with Crippen LogP contribution in [0.1, 0.15) is 5.56 Å². The van der Waals surface area contributed by atoms with E-state index in [-0.39, 0.29) is 18.4 Å². The van der Waals surface area contributed by atoms with Crippen molar-refractivity contribution >= 4 is 23.2 Å². The number of piperazine rings is 1. The molecule has 2 aliphatic heterocycles. The van der Waals surface area contributed by atoms with Crippen molar-refractivity contribution in [3.8, 4) is 0 Å². The number of amides is 2. The molecule has 1 unspecified atom stereocenters. The maximum atomic E-state index is 11.9. The molecule has 2 N–H and O–H groups in total. The summed E-state index contributed by atoms with van der Waals surface area (Å²) in [5.74, 6) is -0.176. The lowest BCUT2D eigenvalue weighted by atomic mass is 10.0. The largest absolute Gasteiger partial charge is 0.322 e. The molecule has 2 heterocycles. The fraction of sp³-hybridized carbons (Fsp3) is 0.333. The second-order valence-corrected chi connectivity index (χ2v) is 4.42. The van der Waals surface area contributed by atoms with Crippen molar-refractivity contribution in [3.63, 3.8) is 0 Å². The highest BCUT2D eigenvalue weighted by atomic mass is 16.2. The number of benzene rings is 1. The predicted octanol–water partition coefficient (Wildman–Crippen LogP) is 0.252. The molecule has 0 aromatic heterocycles. The fourth-order valence-electron chi connectivity index (χ4n) is 2.34. The molecular weight excluding hydrogens is 218 g/mol. The highest BCUT2D eigenvalue weighted by Crippen LogP contribution is 2.33. The number of fused-ring (bicyclic) bond motifs is 3. The molecule has 0 saturated carbocycles. The van der Waals surface area contributed by atoms with Crippen LogP contribution in [-0.4, -0.2) is 30.9 Å². The highest BCUT2D eigenvalue weighted by Gasteiger charge is 2.38. The number of hydrogen-bond acceptors (Lipinski definition) is 3. The number of hydrogen-bond donors (Lipinski definition) is 2. The van der Waals surface area contributed by atoms with Crippen LogP contribution >= 0.6 is 0 Å². The standard InChI is InChI=1S/C12H13N3O2/c1-7-2-3-8-9(4-7)15-10(12(17)14-8)5-13-6-11(15)16/h2-4,10,13H,5-6H2,1H3,(H,14,17). The van der Waals surface area contributed by atoms with Gasteiger partial charge in [0.05, 0.1) is 17.9 Å². The van der Waals surface area contributed by atoms with Crippen molar-refractivity contribution in [2.45, 2.75) is 13.0 Å². The van der Waals surface area contributed by atoms with Crippen molar-refractivity contribution in [1.29, 1.82) is 0 Å². The van der Waals surface area contributed by atoms with Crippen molar-refractivity contribution in [2.75, 3.05) is 23.3 Å². The van der Waals surface area contributed by atoms with Gasteiger partial charge in [0.15, 0.2) is 0 Å². The van der Waals surface area contributed by atoms with E-state index in [9.17, 15) is 9.59 Å². The summed E-state index contributed by atoms with van der Waals surface area (Å²) in [5, 5.41) is 5.79. The molecule has 1 atom stereocenters. The van der Waals surface area contributed by atoms with Gasteiger partial charge in [-0.1, -0.05) is 6.07 Å². The van der Waals surface area contributed by atoms with Crippen molar-refractivity contribution in [3.05, 3.63) is 23.8 Å². The van der Waals surface area contributed by atoms with Gasteiger partial charge in [0, 0.05) is 6.54 Å². The van der Waals surface area contributed by atoms with Crippen LogP contribution in [0, 0.1) is 6.92 Å². The predicted molar refractivity (Wildman–Crippen MR) is 64.0 cm³/mol. The van der Waals surface area contributed by atoms with Crippen LogP contribution in [0.2, 0.25) is 0 Å². The van der Waals surface area contributed by atoms with Gasteiger partial charge < -0.3 is 10.6 Å². The van der Waals surface area contributed by atoms with Gasteiger partial charge in [-0.25, -0.2) is 0 Å². The molecule has 3 rings (SSSR count). The number of carbonyl (C=O) groups is 2. The number of rotatable bonds is 0. The summed E-state index contributed by atoms with van der Waals surface area (Å²) in [6.07, 6.45) is 0. The second kappa shape index (κ2) is 3.56. The molecule has 1 fully saturated rings. The van der Waals surface area contributed by atoms with E-state index in [0.717, 1.165) is 11.3 Å². The molecule has 2 amide bonds. The Balaban J connectivity index is 2.14. The molecule has 0 radical (unpaired) electrons. The Bertz CT molecular complexity index is 512. The third kappa shape index (κ3) is 1.51. The lowest BCUT2D eigenvalue weighted by Gasteiger charge is -2.39. The van der Waals surface area contributed by atoms with Gasteiger partial charge in [-0.05, 0) is 24.6 Å². The second-order valence-electron chi connectivity index (χ2n) is 4.42. The minimum Gasteiger partial charge on any atom is -0.322 e. The normalized spacial score (nSPS) is 22.9. The highest BCUT2D eigenvalue weighted by molar-refractivity contribution is 6.13. The first-order valence-electron chi connectivity index (χ1n) is 5.61. The molecule has 17 heavy (non-hydrogen) atoms. The number of aryl methyl sites for hydroxylation is 1. The monoisotopic (exact) mass is 231 g/mol. The van der Waals surface area contributed by atoms with Crippen molar-refractivity contribution < 1.29 is 9.59 Å². The molecule has 2 aliphatic rings. The quantitative estimate of drug-likeness (QED) is 0.673. The Morgan fingerprint density at radius 2 is 2.18 bits per heavy atom. The van der Waals surface area contributed by atoms with Crippen LogP contribution in [0.15, 0.2) is 18.2 Å². The van der Waals surface area contributed by atoms with Gasteiger partial charge in [0.2, 0.25) is 11.8 Å². The van der Waals surface area contributed by atoms with E-state index in [0.29, 0.717) is 12.2 Å². The van der Waals surface area contributed by atoms with Crippen molar-refractivity contribution in [1.82, 2.24) is 5.32 Å². The lowest BCUT2D eigenvalue weighted by molar-refractivity contribution is -0.124. The SMILES string of the molecule is Cc1ccc2c(c1)N1C(=O)CNCC1C(=O)N2. The van der Waals surface area contributed by atoms with Crippen LogP contribution in [0.4, 0.5) is 11.4 Å². The molecule has 5 heteroatoms. The molecule has 5 nitrogen and oxygen atoms in total. The number of anilines is 2. The van der Waals surface area contributed by atoms with Crippen LogP contribution in [-0.2, 0) is 9.59 Å². The summed E-state index contributed by atoms with van der Waals surface area (Å²) in [6, 6.07) is 5.27. The minimum atomic E-state index is -0.425. The smallest absolute Gasteiger partial charge is 0.248 e. The first-order valence-corrected chi connectivity index (χ1v) is 5.61. The summed E-state index contributed by atoms with van der Waals surface area (Å²) in [7, 11) is 0. The Morgan fingerprint density at radius 3 is 3.00 bits per heavy atom. The topological polar surface area (TPSA) is 61.4 Å². The maximum absolute atomic E-state index is 11.9. The van der Waals surface area contributed by atoms with E-state index in [2.05, 4.69) is 10.6 Å². The van der Waals surface area contributed by atoms with Gasteiger partial charge in [-0.2, -0.15) is 0 Å². The van der Waals surface area contributed by atoms with Crippen LogP contribution < -0.4 is 15.5 Å². The van der Waals surface area contributed by atoms with E-state index in [4.69, 9.17) is 0 Å². The number of nitrogens with one attached hydrogen (secondary N) is 2. The Labute approximate surface area is 98.8 Å². The maximum Gasteiger partial charge on any atom is 0.248 e. The first kappa shape index (κ1) is 10.3. The van der Waals surface area contributed by atoms with Gasteiger partial charge in [-0.3, -0.25) is 14.5 Å². The van der Waals surface area contributed by atoms with Gasteiger partial charge in [0.25, 0.3) is 0 Å².